The number of nitrogens with one attached hydrogen (secondary N) is 2. The number of fused-ring (bicyclic) bond motifs is 1. The van der Waals surface area contributed by atoms with Crippen LogP contribution < -0.4 is 16.0 Å². The van der Waals surface area contributed by atoms with Gasteiger partial charge in [0.1, 0.15) is 11.3 Å². The lowest BCUT2D eigenvalue weighted by molar-refractivity contribution is 0.415. The number of aromatic hydroxyl groups is 1. The zero-order valence-electron chi connectivity index (χ0n) is 21.7. The standard InChI is InChI=1S/C30H27ClN4O4/c1-17-4-10-21(11-5-17)35-29(37)26(28(36)34-30(35)38)27(19-6-8-20(31)9-7-19)32-15-14-23-18(2)33-25-13-12-22(39-3)16-24(23)25/h4-13,16,33,37H,14-15H2,1-3H3,(H,34,36,38). The number of aromatic nitrogens is 3. The van der Waals surface area contributed by atoms with Crippen molar-refractivity contribution in [3.63, 3.8) is 0 Å². The highest BCUT2D eigenvalue weighted by atomic mass is 35.5. The molecule has 0 aliphatic heterocycles. The predicted octanol–water partition coefficient (Wildman–Crippen LogP) is 5.07. The second kappa shape index (κ2) is 10.7. The second-order valence-electron chi connectivity index (χ2n) is 9.26. The van der Waals surface area contributed by atoms with Gasteiger partial charge in [-0.25, -0.2) is 9.36 Å². The van der Waals surface area contributed by atoms with Crippen molar-refractivity contribution in [3.8, 4) is 17.3 Å². The van der Waals surface area contributed by atoms with Crippen LogP contribution in [-0.2, 0) is 6.42 Å². The summed E-state index contributed by atoms with van der Waals surface area (Å²) >= 11 is 6.12. The average molecular weight is 543 g/mol. The number of aryl methyl sites for hydroxylation is 2. The molecule has 198 valence electrons. The molecule has 0 aliphatic carbocycles. The monoisotopic (exact) mass is 542 g/mol. The van der Waals surface area contributed by atoms with Gasteiger partial charge in [-0.1, -0.05) is 41.4 Å². The lowest BCUT2D eigenvalue weighted by Crippen LogP contribution is -2.33. The molecule has 0 saturated heterocycles. The van der Waals surface area contributed by atoms with E-state index in [2.05, 4.69) is 9.97 Å². The molecule has 2 heterocycles. The van der Waals surface area contributed by atoms with E-state index in [4.69, 9.17) is 21.3 Å². The summed E-state index contributed by atoms with van der Waals surface area (Å²) in [5.41, 5.74) is 3.73. The molecule has 8 nitrogen and oxygen atoms in total. The highest BCUT2D eigenvalue weighted by molar-refractivity contribution is 6.30. The average Bonchev–Trinajstić information content (AvgIpc) is 3.23. The van der Waals surface area contributed by atoms with E-state index in [1.165, 1.54) is 0 Å². The maximum absolute atomic E-state index is 13.1. The van der Waals surface area contributed by atoms with Crippen molar-refractivity contribution in [2.45, 2.75) is 20.3 Å². The number of ether oxygens (including phenoxy) is 1. The third-order valence-electron chi connectivity index (χ3n) is 6.69. The fourth-order valence-electron chi connectivity index (χ4n) is 4.68. The van der Waals surface area contributed by atoms with E-state index in [0.717, 1.165) is 38.0 Å². The van der Waals surface area contributed by atoms with Crippen LogP contribution in [0.4, 0.5) is 0 Å². The smallest absolute Gasteiger partial charge is 0.335 e. The molecular weight excluding hydrogens is 516 g/mol. The van der Waals surface area contributed by atoms with Gasteiger partial charge < -0.3 is 14.8 Å². The van der Waals surface area contributed by atoms with Gasteiger partial charge in [-0.15, -0.1) is 0 Å². The first-order valence-corrected chi connectivity index (χ1v) is 12.8. The van der Waals surface area contributed by atoms with E-state index in [9.17, 15) is 14.7 Å². The fourth-order valence-corrected chi connectivity index (χ4v) is 4.81. The van der Waals surface area contributed by atoms with Gasteiger partial charge in [0, 0.05) is 33.7 Å². The quantitative estimate of drug-likeness (QED) is 0.249. The number of aromatic amines is 2. The Morgan fingerprint density at radius 1 is 1.00 bits per heavy atom. The molecule has 9 heteroatoms. The highest BCUT2D eigenvalue weighted by Gasteiger charge is 2.22. The summed E-state index contributed by atoms with van der Waals surface area (Å²) in [7, 11) is 1.63. The number of rotatable bonds is 7. The minimum Gasteiger partial charge on any atom is -0.497 e. The summed E-state index contributed by atoms with van der Waals surface area (Å²) in [6.45, 7) is 4.23. The fraction of sp³-hybridized carbons (Fsp3) is 0.167. The molecule has 0 aliphatic rings. The first-order chi connectivity index (χ1) is 18.8. The van der Waals surface area contributed by atoms with Crippen molar-refractivity contribution in [1.29, 1.82) is 0 Å². The van der Waals surface area contributed by atoms with Crippen LogP contribution in [0.2, 0.25) is 5.02 Å². The molecule has 0 spiro atoms. The molecule has 5 rings (SSSR count). The minimum atomic E-state index is -0.746. The molecule has 3 aromatic carbocycles. The van der Waals surface area contributed by atoms with E-state index in [1.807, 2.05) is 44.2 Å². The van der Waals surface area contributed by atoms with Crippen LogP contribution in [0, 0.1) is 13.8 Å². The van der Waals surface area contributed by atoms with E-state index < -0.39 is 17.1 Å². The van der Waals surface area contributed by atoms with Crippen molar-refractivity contribution in [3.05, 3.63) is 121 Å². The molecule has 0 fully saturated rings. The van der Waals surface area contributed by atoms with Crippen LogP contribution in [0.15, 0.2) is 81.3 Å². The number of methoxy groups -OCH3 is 1. The Balaban J connectivity index is 1.62. The van der Waals surface area contributed by atoms with Gasteiger partial charge >= 0.3 is 5.69 Å². The van der Waals surface area contributed by atoms with Crippen molar-refractivity contribution < 1.29 is 9.84 Å². The summed E-state index contributed by atoms with van der Waals surface area (Å²) < 4.78 is 6.47. The Morgan fingerprint density at radius 3 is 2.41 bits per heavy atom. The zero-order valence-corrected chi connectivity index (χ0v) is 22.5. The van der Waals surface area contributed by atoms with Crippen molar-refractivity contribution in [2.75, 3.05) is 13.7 Å². The molecule has 0 saturated carbocycles. The first-order valence-electron chi connectivity index (χ1n) is 12.4. The number of aliphatic imine (C=N–C) groups is 1. The van der Waals surface area contributed by atoms with Gasteiger partial charge in [0.15, 0.2) is 0 Å². The molecule has 2 aromatic heterocycles. The summed E-state index contributed by atoms with van der Waals surface area (Å²) in [4.78, 5) is 36.4. The van der Waals surface area contributed by atoms with Crippen LogP contribution in [0.5, 0.6) is 11.6 Å². The van der Waals surface area contributed by atoms with Crippen molar-refractivity contribution in [2.24, 2.45) is 4.99 Å². The SMILES string of the molecule is COc1ccc2[nH]c(C)c(CCN=C(c3ccc(Cl)cc3)c3c(O)n(-c4ccc(C)cc4)c(=O)[nH]c3=O)c2c1. The number of hydrogen-bond donors (Lipinski definition) is 3. The third-order valence-corrected chi connectivity index (χ3v) is 6.94. The Labute approximate surface area is 229 Å². The van der Waals surface area contributed by atoms with Gasteiger partial charge in [-0.2, -0.15) is 0 Å². The maximum atomic E-state index is 13.1. The number of nitrogens with zero attached hydrogens (tertiary/aromatic N) is 2. The van der Waals surface area contributed by atoms with Crippen LogP contribution in [0.25, 0.3) is 16.6 Å². The number of halogens is 1. The summed E-state index contributed by atoms with van der Waals surface area (Å²) in [5.74, 6) is 0.261. The van der Waals surface area contributed by atoms with Gasteiger partial charge in [-0.3, -0.25) is 14.8 Å². The largest absolute Gasteiger partial charge is 0.497 e. The summed E-state index contributed by atoms with van der Waals surface area (Å²) in [6, 6.07) is 19.7. The topological polar surface area (TPSA) is 112 Å². The van der Waals surface area contributed by atoms with E-state index in [1.54, 1.807) is 43.5 Å². The lowest BCUT2D eigenvalue weighted by Gasteiger charge is -2.14. The summed E-state index contributed by atoms with van der Waals surface area (Å²) in [6.07, 6.45) is 0.562. The molecule has 5 aromatic rings. The Bertz CT molecular complexity index is 1810. The predicted molar refractivity (Wildman–Crippen MR) is 154 cm³/mol. The van der Waals surface area contributed by atoms with Crippen LogP contribution in [0.1, 0.15) is 27.9 Å². The third kappa shape index (κ3) is 5.11. The first kappa shape index (κ1) is 26.1. The number of benzene rings is 3. The van der Waals surface area contributed by atoms with Gasteiger partial charge in [0.2, 0.25) is 5.88 Å². The number of H-pyrrole nitrogens is 2. The molecule has 0 bridgehead atoms. The number of hydrogen-bond acceptors (Lipinski definition) is 5. The van der Waals surface area contributed by atoms with E-state index >= 15 is 0 Å². The molecule has 0 atom stereocenters. The summed E-state index contributed by atoms with van der Waals surface area (Å²) in [5, 5.41) is 12.9. The highest BCUT2D eigenvalue weighted by Crippen LogP contribution is 2.27. The molecular formula is C30H27ClN4O4. The van der Waals surface area contributed by atoms with E-state index in [0.29, 0.717) is 29.2 Å². The van der Waals surface area contributed by atoms with Crippen molar-refractivity contribution in [1.82, 2.24) is 14.5 Å². The van der Waals surface area contributed by atoms with E-state index in [-0.39, 0.29) is 11.3 Å². The van der Waals surface area contributed by atoms with Gasteiger partial charge in [0.05, 0.1) is 18.5 Å². The second-order valence-corrected chi connectivity index (χ2v) is 9.69. The zero-order chi connectivity index (χ0) is 27.7. The maximum Gasteiger partial charge on any atom is 0.335 e. The lowest BCUT2D eigenvalue weighted by atomic mass is 10.0. The van der Waals surface area contributed by atoms with Crippen LogP contribution in [0.3, 0.4) is 0 Å². The molecule has 3 N–H and O–H groups in total. The molecule has 0 radical (unpaired) electrons. The Hall–Kier alpha value is -4.56. The molecule has 39 heavy (non-hydrogen) atoms. The minimum absolute atomic E-state index is 0.102. The molecule has 0 amide bonds. The Kier molecular flexibility index (Phi) is 7.13. The van der Waals surface area contributed by atoms with Gasteiger partial charge in [0.25, 0.3) is 5.56 Å². The van der Waals surface area contributed by atoms with Crippen LogP contribution in [-0.4, -0.2) is 39.0 Å². The normalized spacial score (nSPS) is 11.7. The molecule has 0 unspecified atom stereocenters. The van der Waals surface area contributed by atoms with Gasteiger partial charge in [-0.05, 0) is 68.3 Å². The Morgan fingerprint density at radius 2 is 1.72 bits per heavy atom. The van der Waals surface area contributed by atoms with Crippen LogP contribution >= 0.6 is 11.6 Å². The van der Waals surface area contributed by atoms with Crippen molar-refractivity contribution >= 4 is 28.2 Å².